The maximum absolute atomic E-state index is 13.7. The zero-order valence-corrected chi connectivity index (χ0v) is 19.3. The molecule has 0 fully saturated rings. The van der Waals surface area contributed by atoms with Crippen LogP contribution in [0.5, 0.6) is 0 Å². The summed E-state index contributed by atoms with van der Waals surface area (Å²) in [5, 5.41) is 20.5. The Bertz CT molecular complexity index is 986. The molecule has 1 aliphatic heterocycles. The first-order valence-electron chi connectivity index (χ1n) is 11.2. The molecule has 0 spiro atoms. The lowest BCUT2D eigenvalue weighted by atomic mass is 9.87. The van der Waals surface area contributed by atoms with Crippen LogP contribution in [-0.2, 0) is 11.2 Å². The largest absolute Gasteiger partial charge is 0.393 e. The second-order valence-corrected chi connectivity index (χ2v) is 9.00. The molecule has 1 aliphatic rings. The minimum Gasteiger partial charge on any atom is -0.393 e. The third kappa shape index (κ3) is 5.61. The fourth-order valence-corrected chi connectivity index (χ4v) is 4.33. The van der Waals surface area contributed by atoms with Crippen LogP contribution < -0.4 is 4.90 Å². The van der Waals surface area contributed by atoms with Gasteiger partial charge in [0.2, 0.25) is 0 Å². The van der Waals surface area contributed by atoms with Crippen molar-refractivity contribution in [2.75, 3.05) is 18.5 Å². The lowest BCUT2D eigenvalue weighted by Crippen LogP contribution is -2.27. The molecule has 6 heteroatoms. The highest BCUT2D eigenvalue weighted by Gasteiger charge is 2.25. The van der Waals surface area contributed by atoms with Gasteiger partial charge in [0.1, 0.15) is 17.4 Å². The Labute approximate surface area is 189 Å². The van der Waals surface area contributed by atoms with E-state index in [1.165, 1.54) is 19.1 Å². The summed E-state index contributed by atoms with van der Waals surface area (Å²) >= 11 is 0. The Morgan fingerprint density at radius 1 is 1.25 bits per heavy atom. The van der Waals surface area contributed by atoms with E-state index < -0.39 is 12.2 Å². The van der Waals surface area contributed by atoms with Gasteiger partial charge in [-0.3, -0.25) is 4.79 Å². The van der Waals surface area contributed by atoms with E-state index in [0.717, 1.165) is 53.2 Å². The van der Waals surface area contributed by atoms with Gasteiger partial charge in [-0.05, 0) is 48.9 Å². The molecule has 172 valence electrons. The van der Waals surface area contributed by atoms with Crippen molar-refractivity contribution < 1.29 is 19.4 Å². The number of pyridine rings is 1. The average Bonchev–Trinajstić information content (AvgIpc) is 2.71. The van der Waals surface area contributed by atoms with Gasteiger partial charge >= 0.3 is 0 Å². The highest BCUT2D eigenvalue weighted by atomic mass is 19.1. The number of hydrogen-bond acceptors (Lipinski definition) is 5. The van der Waals surface area contributed by atoms with E-state index in [1.807, 2.05) is 13.1 Å². The Balaban J connectivity index is 2.10. The number of ketones is 1. The van der Waals surface area contributed by atoms with Gasteiger partial charge in [-0.25, -0.2) is 9.37 Å². The minimum atomic E-state index is -0.899. The number of carbonyl (C=O) groups is 1. The van der Waals surface area contributed by atoms with Crippen LogP contribution in [-0.4, -0.2) is 46.8 Å². The van der Waals surface area contributed by atoms with Gasteiger partial charge in [-0.2, -0.15) is 0 Å². The van der Waals surface area contributed by atoms with Crippen LogP contribution in [0.15, 0.2) is 30.3 Å². The predicted octanol–water partition coefficient (Wildman–Crippen LogP) is 4.50. The maximum atomic E-state index is 13.7. The number of hydrogen-bond donors (Lipinski definition) is 2. The van der Waals surface area contributed by atoms with Crippen LogP contribution in [0.25, 0.3) is 17.2 Å². The molecule has 0 amide bonds. The zero-order chi connectivity index (χ0) is 23.4. The quantitative estimate of drug-likeness (QED) is 0.632. The van der Waals surface area contributed by atoms with Gasteiger partial charge in [-0.1, -0.05) is 38.1 Å². The van der Waals surface area contributed by atoms with E-state index in [4.69, 9.17) is 4.98 Å². The van der Waals surface area contributed by atoms with Crippen LogP contribution >= 0.6 is 0 Å². The molecule has 0 aliphatic carbocycles. The van der Waals surface area contributed by atoms with E-state index in [9.17, 15) is 19.4 Å². The number of rotatable bonds is 8. The van der Waals surface area contributed by atoms with Crippen molar-refractivity contribution in [2.24, 2.45) is 0 Å². The van der Waals surface area contributed by atoms with E-state index >= 15 is 0 Å². The van der Waals surface area contributed by atoms with Gasteiger partial charge in [0.25, 0.3) is 0 Å². The number of fused-ring (bicyclic) bond motifs is 1. The number of carbonyl (C=O) groups excluding carboxylic acids is 1. The molecular weight excluding hydrogens is 407 g/mol. The van der Waals surface area contributed by atoms with Crippen LogP contribution in [0, 0.1) is 5.82 Å². The number of anilines is 1. The molecule has 5 nitrogen and oxygen atoms in total. The molecule has 0 bridgehead atoms. The lowest BCUT2D eigenvalue weighted by molar-refractivity contribution is -0.119. The van der Waals surface area contributed by atoms with Crippen molar-refractivity contribution in [1.29, 1.82) is 0 Å². The molecule has 0 saturated heterocycles. The highest BCUT2D eigenvalue weighted by molar-refractivity contribution is 5.83. The van der Waals surface area contributed by atoms with Crippen LogP contribution in [0.1, 0.15) is 62.8 Å². The summed E-state index contributed by atoms with van der Waals surface area (Å²) in [7, 11) is 2.04. The summed E-state index contributed by atoms with van der Waals surface area (Å²) in [5.74, 6) is 0.686. The summed E-state index contributed by atoms with van der Waals surface area (Å²) in [6, 6.07) is 6.50. The third-order valence-corrected chi connectivity index (χ3v) is 5.83. The zero-order valence-electron chi connectivity index (χ0n) is 19.3. The second kappa shape index (κ2) is 10.4. The topological polar surface area (TPSA) is 73.7 Å². The molecule has 32 heavy (non-hydrogen) atoms. The molecule has 1 aromatic carbocycles. The standard InChI is InChI=1S/C26H33FN2O3/c1-16(2)25-22(12-11-20(31)15-21(32)14-17(3)30)24(18-7-9-19(27)10-8-18)23-6-5-13-29(4)26(23)28-25/h7-12,16,20-21,31-32H,5-6,13-15H2,1-4H3/b12-11+/t20-,21+/m1/s1. The molecule has 2 N–H and O–H groups in total. The number of nitrogens with zero attached hydrogens (tertiary/aromatic N) is 2. The number of aliphatic hydroxyl groups is 2. The van der Waals surface area contributed by atoms with Crippen molar-refractivity contribution in [3.63, 3.8) is 0 Å². The summed E-state index contributed by atoms with van der Waals surface area (Å²) in [6.07, 6.45) is 3.71. The normalized spacial score (nSPS) is 15.8. The van der Waals surface area contributed by atoms with E-state index in [2.05, 4.69) is 18.7 Å². The SMILES string of the molecule is CC(=O)C[C@H](O)C[C@H](O)/C=C/c1c(C(C)C)nc2c(c1-c1ccc(F)cc1)CCCN2C. The molecule has 2 aromatic rings. The van der Waals surface area contributed by atoms with Crippen molar-refractivity contribution in [1.82, 2.24) is 4.98 Å². The summed E-state index contributed by atoms with van der Waals surface area (Å²) in [6.45, 7) is 6.51. The second-order valence-electron chi connectivity index (χ2n) is 9.00. The Hall–Kier alpha value is -2.57. The summed E-state index contributed by atoms with van der Waals surface area (Å²) in [4.78, 5) is 18.4. The number of aromatic nitrogens is 1. The van der Waals surface area contributed by atoms with Crippen LogP contribution in [0.4, 0.5) is 10.2 Å². The molecular formula is C26H33FN2O3. The highest BCUT2D eigenvalue weighted by Crippen LogP contribution is 2.40. The van der Waals surface area contributed by atoms with Crippen LogP contribution in [0.3, 0.4) is 0 Å². The van der Waals surface area contributed by atoms with E-state index in [0.29, 0.717) is 0 Å². The molecule has 2 heterocycles. The maximum Gasteiger partial charge on any atom is 0.132 e. The molecule has 3 rings (SSSR count). The number of aliphatic hydroxyl groups excluding tert-OH is 2. The average molecular weight is 441 g/mol. The fourth-order valence-electron chi connectivity index (χ4n) is 4.33. The van der Waals surface area contributed by atoms with Crippen LogP contribution in [0.2, 0.25) is 0 Å². The predicted molar refractivity (Wildman–Crippen MR) is 126 cm³/mol. The van der Waals surface area contributed by atoms with Crippen molar-refractivity contribution in [3.05, 3.63) is 53.0 Å². The smallest absolute Gasteiger partial charge is 0.132 e. The van der Waals surface area contributed by atoms with Crippen molar-refractivity contribution >= 4 is 17.7 Å². The first-order chi connectivity index (χ1) is 15.2. The molecule has 0 radical (unpaired) electrons. The van der Waals surface area contributed by atoms with Gasteiger partial charge in [0.05, 0.1) is 17.9 Å². The Kier molecular flexibility index (Phi) is 7.80. The van der Waals surface area contributed by atoms with Gasteiger partial charge in [0, 0.05) is 37.6 Å². The van der Waals surface area contributed by atoms with E-state index in [1.54, 1.807) is 18.2 Å². The first-order valence-corrected chi connectivity index (χ1v) is 11.2. The Morgan fingerprint density at radius 3 is 2.56 bits per heavy atom. The minimum absolute atomic E-state index is 0.0235. The number of benzene rings is 1. The number of Topliss-reactive ketones (excluding diaryl/α,β-unsaturated/α-hetero) is 1. The number of halogens is 1. The van der Waals surface area contributed by atoms with Gasteiger partial charge in [0.15, 0.2) is 0 Å². The lowest BCUT2D eigenvalue weighted by Gasteiger charge is -2.31. The molecule has 1 aromatic heterocycles. The Morgan fingerprint density at radius 2 is 1.94 bits per heavy atom. The summed E-state index contributed by atoms with van der Waals surface area (Å²) < 4.78 is 13.7. The molecule has 2 atom stereocenters. The molecule has 0 saturated carbocycles. The van der Waals surface area contributed by atoms with Crippen molar-refractivity contribution in [2.45, 2.75) is 64.6 Å². The van der Waals surface area contributed by atoms with E-state index in [-0.39, 0.29) is 30.4 Å². The van der Waals surface area contributed by atoms with Gasteiger partial charge < -0.3 is 15.1 Å². The monoisotopic (exact) mass is 440 g/mol. The molecule has 0 unspecified atom stereocenters. The van der Waals surface area contributed by atoms with Gasteiger partial charge in [-0.15, -0.1) is 0 Å². The fraction of sp³-hybridized carbons (Fsp3) is 0.462. The third-order valence-electron chi connectivity index (χ3n) is 5.83. The summed E-state index contributed by atoms with van der Waals surface area (Å²) in [5.41, 5.74) is 4.86. The first kappa shape index (κ1) is 24.1. The van der Waals surface area contributed by atoms with Crippen molar-refractivity contribution in [3.8, 4) is 11.1 Å².